The monoisotopic (exact) mass is 658 g/mol. The Bertz CT molecular complexity index is 1650. The third kappa shape index (κ3) is 7.30. The smallest absolute Gasteiger partial charge is 0.114 e. The van der Waals surface area contributed by atoms with Crippen LogP contribution in [0.25, 0.3) is 54.1 Å². The van der Waals surface area contributed by atoms with Crippen molar-refractivity contribution in [1.29, 1.82) is 0 Å². The molecular formula is C36H42N4S4. The number of aromatic nitrogens is 4. The van der Waals surface area contributed by atoms with E-state index in [1.807, 2.05) is 22.7 Å². The van der Waals surface area contributed by atoms with E-state index in [4.69, 9.17) is 17.5 Å². The van der Waals surface area contributed by atoms with Gasteiger partial charge in [0.15, 0.2) is 0 Å². The molecule has 4 heterocycles. The summed E-state index contributed by atoms with van der Waals surface area (Å²) >= 11 is 6.40. The van der Waals surface area contributed by atoms with Gasteiger partial charge in [0.1, 0.15) is 22.1 Å². The Kier molecular flexibility index (Phi) is 11.2. The summed E-state index contributed by atoms with van der Waals surface area (Å²) in [4.78, 5) is 5.48. The lowest BCUT2D eigenvalue weighted by atomic mass is 9.97. The van der Waals surface area contributed by atoms with Gasteiger partial charge in [-0.05, 0) is 49.9 Å². The topological polar surface area (TPSA) is 51.6 Å². The third-order valence-corrected chi connectivity index (χ3v) is 11.9. The number of rotatable bonds is 17. The first-order valence-corrected chi connectivity index (χ1v) is 19.5. The predicted octanol–water partition coefficient (Wildman–Crippen LogP) is 12.6. The van der Waals surface area contributed by atoms with Crippen LogP contribution < -0.4 is 0 Å². The van der Waals surface area contributed by atoms with Crippen LogP contribution in [0, 0.1) is 0 Å². The van der Waals surface area contributed by atoms with Gasteiger partial charge < -0.3 is 0 Å². The molecule has 0 aliphatic heterocycles. The maximum atomic E-state index is 4.79. The average Bonchev–Trinajstić information content (AvgIpc) is 3.87. The van der Waals surface area contributed by atoms with E-state index in [1.165, 1.54) is 144 Å². The summed E-state index contributed by atoms with van der Waals surface area (Å²) in [6.45, 7) is 4.55. The molecule has 230 valence electrons. The van der Waals surface area contributed by atoms with E-state index in [2.05, 4.69) is 62.4 Å². The minimum atomic E-state index is 0.956. The van der Waals surface area contributed by atoms with Crippen LogP contribution >= 0.6 is 46.1 Å². The molecule has 6 aromatic rings. The quantitative estimate of drug-likeness (QED) is 0.0915. The molecule has 0 radical (unpaired) electrons. The maximum Gasteiger partial charge on any atom is 0.114 e. The summed E-state index contributed by atoms with van der Waals surface area (Å²) in [5, 5.41) is 0. The van der Waals surface area contributed by atoms with Crippen molar-refractivity contribution in [2.45, 2.75) is 104 Å². The molecule has 0 aliphatic rings. The van der Waals surface area contributed by atoms with Crippen molar-refractivity contribution in [3.63, 3.8) is 0 Å². The van der Waals surface area contributed by atoms with Crippen LogP contribution in [0.1, 0.15) is 101 Å². The number of thiophene rings is 2. The second-order valence-electron chi connectivity index (χ2n) is 11.8. The zero-order valence-electron chi connectivity index (χ0n) is 25.9. The van der Waals surface area contributed by atoms with Gasteiger partial charge in [-0.2, -0.15) is 17.5 Å². The first-order chi connectivity index (χ1) is 21.8. The predicted molar refractivity (Wildman–Crippen MR) is 195 cm³/mol. The van der Waals surface area contributed by atoms with Gasteiger partial charge in [0.05, 0.1) is 23.5 Å². The molecule has 8 heteroatoms. The van der Waals surface area contributed by atoms with E-state index in [0.717, 1.165) is 33.2 Å². The number of nitrogens with zero attached hydrogens (tertiary/aromatic N) is 4. The molecule has 0 fully saturated rings. The van der Waals surface area contributed by atoms with E-state index in [9.17, 15) is 0 Å². The van der Waals surface area contributed by atoms with Crippen molar-refractivity contribution >= 4 is 68.2 Å². The Balaban J connectivity index is 1.20. The Morgan fingerprint density at radius 3 is 1.20 bits per heavy atom. The molecule has 4 nitrogen and oxygen atoms in total. The molecule has 6 rings (SSSR count). The fraction of sp³-hybridized carbons (Fsp3) is 0.444. The van der Waals surface area contributed by atoms with Crippen LogP contribution in [0.4, 0.5) is 0 Å². The first-order valence-electron chi connectivity index (χ1n) is 16.5. The standard InChI is InChI=1S/C36H42N4S4/c1-3-5-7-9-11-13-15-25-17-23-31(41-25)29-21-19-27(33-35(29)39-43-37-33)28-20-22-30(36-34(28)38-44-40-36)32-24-18-26(42-32)16-14-12-10-8-6-4-2/h17-24H,3-16H2,1-2H3. The van der Waals surface area contributed by atoms with Crippen molar-refractivity contribution in [3.8, 4) is 32.0 Å². The van der Waals surface area contributed by atoms with Gasteiger partial charge >= 0.3 is 0 Å². The molecule has 0 aliphatic carbocycles. The zero-order valence-corrected chi connectivity index (χ0v) is 29.2. The third-order valence-electron chi connectivity index (χ3n) is 8.53. The molecule has 0 saturated carbocycles. The SMILES string of the molecule is CCCCCCCCc1ccc(-c2ccc(-c3ccc(-c4ccc(CCCCCCCC)s4)c4nsnc34)c3nsnc23)s1. The van der Waals surface area contributed by atoms with E-state index in [-0.39, 0.29) is 0 Å². The molecule has 0 saturated heterocycles. The summed E-state index contributed by atoms with van der Waals surface area (Å²) in [5.74, 6) is 0. The van der Waals surface area contributed by atoms with Gasteiger partial charge in [-0.25, -0.2) is 0 Å². The number of benzene rings is 2. The molecular weight excluding hydrogens is 617 g/mol. The lowest BCUT2D eigenvalue weighted by molar-refractivity contribution is 0.609. The lowest BCUT2D eigenvalue weighted by Crippen LogP contribution is -1.87. The highest BCUT2D eigenvalue weighted by Gasteiger charge is 2.20. The van der Waals surface area contributed by atoms with E-state index in [0.29, 0.717) is 0 Å². The van der Waals surface area contributed by atoms with Crippen molar-refractivity contribution in [1.82, 2.24) is 17.5 Å². The Morgan fingerprint density at radius 2 is 0.773 bits per heavy atom. The van der Waals surface area contributed by atoms with Crippen LogP contribution in [0.3, 0.4) is 0 Å². The normalized spacial score (nSPS) is 11.8. The molecule has 4 aromatic heterocycles. The fourth-order valence-electron chi connectivity index (χ4n) is 6.04. The van der Waals surface area contributed by atoms with Crippen LogP contribution in [-0.2, 0) is 12.8 Å². The Labute approximate surface area is 278 Å². The molecule has 0 bridgehead atoms. The second-order valence-corrected chi connectivity index (χ2v) is 15.2. The van der Waals surface area contributed by atoms with Gasteiger partial charge in [0, 0.05) is 41.8 Å². The van der Waals surface area contributed by atoms with Crippen molar-refractivity contribution in [3.05, 3.63) is 58.3 Å². The summed E-state index contributed by atoms with van der Waals surface area (Å²) in [6, 6.07) is 18.0. The van der Waals surface area contributed by atoms with Crippen LogP contribution in [0.15, 0.2) is 48.5 Å². The highest BCUT2D eigenvalue weighted by Crippen LogP contribution is 2.42. The largest absolute Gasteiger partial charge is 0.172 e. The number of fused-ring (bicyclic) bond motifs is 2. The highest BCUT2D eigenvalue weighted by molar-refractivity contribution is 7.16. The highest BCUT2D eigenvalue weighted by atomic mass is 32.1. The summed E-state index contributed by atoms with van der Waals surface area (Å²) in [5.41, 5.74) is 8.41. The molecule has 0 N–H and O–H groups in total. The van der Waals surface area contributed by atoms with Crippen molar-refractivity contribution in [2.24, 2.45) is 0 Å². The van der Waals surface area contributed by atoms with E-state index < -0.39 is 0 Å². The summed E-state index contributed by atoms with van der Waals surface area (Å²) in [6.07, 6.45) is 18.3. The van der Waals surface area contributed by atoms with Crippen molar-refractivity contribution < 1.29 is 0 Å². The van der Waals surface area contributed by atoms with E-state index in [1.54, 1.807) is 0 Å². The van der Waals surface area contributed by atoms with Crippen LogP contribution in [0.2, 0.25) is 0 Å². The van der Waals surface area contributed by atoms with Gasteiger partial charge in [0.2, 0.25) is 0 Å². The second kappa shape index (κ2) is 15.7. The fourth-order valence-corrected chi connectivity index (χ4v) is 9.34. The van der Waals surface area contributed by atoms with Crippen molar-refractivity contribution in [2.75, 3.05) is 0 Å². The molecule has 44 heavy (non-hydrogen) atoms. The summed E-state index contributed by atoms with van der Waals surface area (Å²) < 4.78 is 19.1. The van der Waals surface area contributed by atoms with Crippen LogP contribution in [0.5, 0.6) is 0 Å². The van der Waals surface area contributed by atoms with Crippen LogP contribution in [-0.4, -0.2) is 17.5 Å². The average molecular weight is 659 g/mol. The minimum Gasteiger partial charge on any atom is -0.172 e. The lowest BCUT2D eigenvalue weighted by Gasteiger charge is -2.08. The molecule has 0 spiro atoms. The maximum absolute atomic E-state index is 4.79. The Hall–Kier alpha value is -2.52. The number of aryl methyl sites for hydroxylation is 2. The Morgan fingerprint density at radius 1 is 0.409 bits per heavy atom. The molecule has 0 atom stereocenters. The number of hydrogen-bond donors (Lipinski definition) is 0. The van der Waals surface area contributed by atoms with Gasteiger partial charge in [-0.1, -0.05) is 102 Å². The number of hydrogen-bond acceptors (Lipinski definition) is 8. The van der Waals surface area contributed by atoms with Gasteiger partial charge in [0.25, 0.3) is 0 Å². The zero-order chi connectivity index (χ0) is 30.1. The first kappa shape index (κ1) is 31.5. The minimum absolute atomic E-state index is 0.956. The summed E-state index contributed by atoms with van der Waals surface area (Å²) in [7, 11) is 0. The van der Waals surface area contributed by atoms with Gasteiger partial charge in [-0.3, -0.25) is 0 Å². The number of unbranched alkanes of at least 4 members (excludes halogenated alkanes) is 10. The molecule has 0 unspecified atom stereocenters. The van der Waals surface area contributed by atoms with E-state index >= 15 is 0 Å². The van der Waals surface area contributed by atoms with Gasteiger partial charge in [-0.15, -0.1) is 22.7 Å². The molecule has 2 aromatic carbocycles. The molecule has 0 amide bonds.